The van der Waals surface area contributed by atoms with Crippen LogP contribution in [0.2, 0.25) is 0 Å². The molecule has 2 aliphatic heterocycles. The lowest BCUT2D eigenvalue weighted by molar-refractivity contribution is 0.196. The third kappa shape index (κ3) is 1.63. The van der Waals surface area contributed by atoms with Crippen molar-refractivity contribution in [3.8, 4) is 0 Å². The lowest BCUT2D eigenvalue weighted by atomic mass is 10.1. The summed E-state index contributed by atoms with van der Waals surface area (Å²) in [7, 11) is 0. The molecule has 0 saturated carbocycles. The molecule has 70 valence electrons. The average Bonchev–Trinajstić information content (AvgIpc) is 2.35. The van der Waals surface area contributed by atoms with Gasteiger partial charge in [-0.25, -0.2) is 0 Å². The molecule has 2 rings (SSSR count). The molecule has 0 aromatic rings. The third-order valence-electron chi connectivity index (χ3n) is 3.01. The number of thioether (sulfide) groups is 1. The van der Waals surface area contributed by atoms with Gasteiger partial charge >= 0.3 is 0 Å². The highest BCUT2D eigenvalue weighted by atomic mass is 32.2. The van der Waals surface area contributed by atoms with Crippen LogP contribution in [0, 0.1) is 0 Å². The van der Waals surface area contributed by atoms with Crippen LogP contribution in [-0.2, 0) is 0 Å². The highest BCUT2D eigenvalue weighted by Crippen LogP contribution is 2.30. The molecule has 1 unspecified atom stereocenters. The van der Waals surface area contributed by atoms with E-state index in [4.69, 9.17) is 5.73 Å². The van der Waals surface area contributed by atoms with Crippen molar-refractivity contribution >= 4 is 11.8 Å². The zero-order chi connectivity index (χ0) is 8.39. The Hall–Kier alpha value is 0.270. The number of nitrogens with two attached hydrogens (primary N) is 1. The van der Waals surface area contributed by atoms with Crippen molar-refractivity contribution in [1.29, 1.82) is 0 Å². The Balaban J connectivity index is 1.85. The van der Waals surface area contributed by atoms with Crippen molar-refractivity contribution in [3.63, 3.8) is 0 Å². The molecule has 0 aromatic carbocycles. The van der Waals surface area contributed by atoms with Crippen molar-refractivity contribution in [2.24, 2.45) is 5.73 Å². The Morgan fingerprint density at radius 1 is 1.42 bits per heavy atom. The van der Waals surface area contributed by atoms with Crippen LogP contribution in [0.4, 0.5) is 0 Å². The highest BCUT2D eigenvalue weighted by Gasteiger charge is 2.33. The minimum atomic E-state index is 0.820. The van der Waals surface area contributed by atoms with E-state index in [9.17, 15) is 0 Å². The molecule has 0 aliphatic carbocycles. The number of hydrogen-bond acceptors (Lipinski definition) is 3. The van der Waals surface area contributed by atoms with Gasteiger partial charge in [0.2, 0.25) is 0 Å². The van der Waals surface area contributed by atoms with Crippen molar-refractivity contribution < 1.29 is 0 Å². The van der Waals surface area contributed by atoms with E-state index in [0.717, 1.165) is 18.6 Å². The van der Waals surface area contributed by atoms with Gasteiger partial charge in [-0.05, 0) is 32.4 Å². The second kappa shape index (κ2) is 3.99. The lowest BCUT2D eigenvalue weighted by Crippen LogP contribution is -2.47. The van der Waals surface area contributed by atoms with E-state index in [1.165, 1.54) is 37.3 Å². The number of likely N-dealkylation sites (tertiary alicyclic amines) is 1. The van der Waals surface area contributed by atoms with Gasteiger partial charge in [-0.2, -0.15) is 11.8 Å². The molecule has 3 heteroatoms. The molecule has 2 heterocycles. The smallest absolute Gasteiger partial charge is 0.0279 e. The summed E-state index contributed by atoms with van der Waals surface area (Å²) in [6.07, 6.45) is 3.99. The Bertz CT molecular complexity index is 147. The SMILES string of the molecule is NCCC1CCCN1C1CSC1. The van der Waals surface area contributed by atoms with E-state index in [0.29, 0.717) is 0 Å². The van der Waals surface area contributed by atoms with Gasteiger partial charge in [0.1, 0.15) is 0 Å². The second-order valence-electron chi connectivity index (χ2n) is 3.80. The summed E-state index contributed by atoms with van der Waals surface area (Å²) in [5.74, 6) is 2.72. The van der Waals surface area contributed by atoms with Gasteiger partial charge in [0.15, 0.2) is 0 Å². The predicted octanol–water partition coefficient (Wildman–Crippen LogP) is 0.915. The molecule has 2 nitrogen and oxygen atoms in total. The largest absolute Gasteiger partial charge is 0.330 e. The maximum Gasteiger partial charge on any atom is 0.0279 e. The maximum atomic E-state index is 5.60. The molecule has 12 heavy (non-hydrogen) atoms. The Labute approximate surface area is 78.9 Å². The van der Waals surface area contributed by atoms with E-state index in [2.05, 4.69) is 16.7 Å². The summed E-state index contributed by atoms with van der Waals surface area (Å²) in [5.41, 5.74) is 5.60. The summed E-state index contributed by atoms with van der Waals surface area (Å²) in [5, 5.41) is 0. The van der Waals surface area contributed by atoms with Gasteiger partial charge in [0.25, 0.3) is 0 Å². The van der Waals surface area contributed by atoms with Crippen molar-refractivity contribution in [2.45, 2.75) is 31.3 Å². The lowest BCUT2D eigenvalue weighted by Gasteiger charge is -2.38. The van der Waals surface area contributed by atoms with Crippen LogP contribution in [0.1, 0.15) is 19.3 Å². The van der Waals surface area contributed by atoms with Crippen LogP contribution in [0.3, 0.4) is 0 Å². The first kappa shape index (κ1) is 8.85. The van der Waals surface area contributed by atoms with Crippen molar-refractivity contribution in [2.75, 3.05) is 24.6 Å². The summed E-state index contributed by atoms with van der Waals surface area (Å²) in [4.78, 5) is 2.70. The first-order valence-electron chi connectivity index (χ1n) is 4.95. The third-order valence-corrected chi connectivity index (χ3v) is 4.25. The molecule has 2 N–H and O–H groups in total. The quantitative estimate of drug-likeness (QED) is 0.710. The molecular weight excluding hydrogens is 168 g/mol. The molecule has 0 amide bonds. The topological polar surface area (TPSA) is 29.3 Å². The number of hydrogen-bond donors (Lipinski definition) is 1. The van der Waals surface area contributed by atoms with Gasteiger partial charge in [-0.1, -0.05) is 0 Å². The minimum absolute atomic E-state index is 0.820. The van der Waals surface area contributed by atoms with Gasteiger partial charge in [0.05, 0.1) is 0 Å². The van der Waals surface area contributed by atoms with Crippen LogP contribution in [0.25, 0.3) is 0 Å². The molecule has 0 aromatic heterocycles. The zero-order valence-corrected chi connectivity index (χ0v) is 8.35. The van der Waals surface area contributed by atoms with Crippen LogP contribution in [0.5, 0.6) is 0 Å². The van der Waals surface area contributed by atoms with Gasteiger partial charge in [-0.3, -0.25) is 4.90 Å². The summed E-state index contributed by atoms with van der Waals surface area (Å²) >= 11 is 2.08. The van der Waals surface area contributed by atoms with E-state index < -0.39 is 0 Å². The predicted molar refractivity (Wildman–Crippen MR) is 54.5 cm³/mol. The Morgan fingerprint density at radius 3 is 2.83 bits per heavy atom. The minimum Gasteiger partial charge on any atom is -0.330 e. The Kier molecular flexibility index (Phi) is 2.94. The number of nitrogens with zero attached hydrogens (tertiary/aromatic N) is 1. The van der Waals surface area contributed by atoms with Crippen LogP contribution >= 0.6 is 11.8 Å². The summed E-state index contributed by atoms with van der Waals surface area (Å²) in [6, 6.07) is 1.72. The fraction of sp³-hybridized carbons (Fsp3) is 1.00. The monoisotopic (exact) mass is 186 g/mol. The highest BCUT2D eigenvalue weighted by molar-refractivity contribution is 8.00. The zero-order valence-electron chi connectivity index (χ0n) is 7.54. The molecule has 0 bridgehead atoms. The standard InChI is InChI=1S/C9H18N2S/c10-4-3-8-2-1-5-11(8)9-6-12-7-9/h8-9H,1-7,10H2. The fourth-order valence-corrected chi connectivity index (χ4v) is 3.09. The van der Waals surface area contributed by atoms with Crippen molar-refractivity contribution in [1.82, 2.24) is 4.90 Å². The average molecular weight is 186 g/mol. The first-order valence-corrected chi connectivity index (χ1v) is 6.11. The summed E-state index contributed by atoms with van der Waals surface area (Å²) < 4.78 is 0. The molecule has 0 spiro atoms. The van der Waals surface area contributed by atoms with E-state index in [1.54, 1.807) is 0 Å². The number of rotatable bonds is 3. The fourth-order valence-electron chi connectivity index (χ4n) is 2.26. The van der Waals surface area contributed by atoms with Crippen LogP contribution in [0.15, 0.2) is 0 Å². The molecule has 2 aliphatic rings. The van der Waals surface area contributed by atoms with Gasteiger partial charge in [0, 0.05) is 23.6 Å². The summed E-state index contributed by atoms with van der Waals surface area (Å²) in [6.45, 7) is 2.19. The van der Waals surface area contributed by atoms with E-state index in [1.807, 2.05) is 0 Å². The second-order valence-corrected chi connectivity index (χ2v) is 4.88. The normalized spacial score (nSPS) is 32.2. The van der Waals surface area contributed by atoms with E-state index >= 15 is 0 Å². The maximum absolute atomic E-state index is 5.60. The van der Waals surface area contributed by atoms with Crippen LogP contribution < -0.4 is 5.73 Å². The molecule has 2 saturated heterocycles. The Morgan fingerprint density at radius 2 is 2.25 bits per heavy atom. The van der Waals surface area contributed by atoms with E-state index in [-0.39, 0.29) is 0 Å². The molecular formula is C9H18N2S. The molecule has 1 atom stereocenters. The van der Waals surface area contributed by atoms with Gasteiger partial charge < -0.3 is 5.73 Å². The van der Waals surface area contributed by atoms with Crippen LogP contribution in [-0.4, -0.2) is 41.6 Å². The molecule has 2 fully saturated rings. The van der Waals surface area contributed by atoms with Crippen molar-refractivity contribution in [3.05, 3.63) is 0 Å². The van der Waals surface area contributed by atoms with Gasteiger partial charge in [-0.15, -0.1) is 0 Å². The molecule has 0 radical (unpaired) electrons. The first-order chi connectivity index (χ1) is 5.92.